The van der Waals surface area contributed by atoms with Crippen molar-refractivity contribution in [2.24, 2.45) is 0 Å². The van der Waals surface area contributed by atoms with Crippen LogP contribution < -0.4 is 4.90 Å². The molecule has 2 heterocycles. The van der Waals surface area contributed by atoms with E-state index in [0.717, 1.165) is 41.3 Å². The summed E-state index contributed by atoms with van der Waals surface area (Å²) in [5.74, 6) is -1.61. The van der Waals surface area contributed by atoms with Gasteiger partial charge in [-0.15, -0.1) is 12.4 Å². The van der Waals surface area contributed by atoms with Crippen molar-refractivity contribution in [2.75, 3.05) is 44.3 Å². The van der Waals surface area contributed by atoms with Gasteiger partial charge in [-0.2, -0.15) is 0 Å². The van der Waals surface area contributed by atoms with Crippen LogP contribution in [0.15, 0.2) is 54.6 Å². The molecule has 5 rings (SSSR count). The highest BCUT2D eigenvalue weighted by molar-refractivity contribution is 7.22. The normalized spacial score (nSPS) is 14.4. The Balaban J connectivity index is 0.00000259. The van der Waals surface area contributed by atoms with Gasteiger partial charge in [-0.05, 0) is 29.0 Å². The van der Waals surface area contributed by atoms with Gasteiger partial charge in [-0.25, -0.2) is 13.8 Å². The monoisotopic (exact) mass is 489 g/mol. The number of aromatic nitrogens is 1. The third kappa shape index (κ3) is 4.99. The molecule has 1 aliphatic heterocycles. The van der Waals surface area contributed by atoms with Crippen molar-refractivity contribution in [1.82, 2.24) is 9.88 Å². The third-order valence-corrected chi connectivity index (χ3v) is 6.64. The van der Waals surface area contributed by atoms with Crippen LogP contribution in [0.3, 0.4) is 0 Å². The fourth-order valence-corrected chi connectivity index (χ4v) is 4.92. The molecule has 1 amide bonds. The van der Waals surface area contributed by atoms with Gasteiger partial charge in [0.15, 0.2) is 10.9 Å². The van der Waals surface area contributed by atoms with Crippen molar-refractivity contribution in [3.05, 3.63) is 71.8 Å². The van der Waals surface area contributed by atoms with Gasteiger partial charge in [0.2, 0.25) is 0 Å². The maximum absolute atomic E-state index is 14.3. The molecule has 0 aliphatic carbocycles. The van der Waals surface area contributed by atoms with E-state index in [4.69, 9.17) is 4.74 Å². The number of carbonyl (C=O) groups is 1. The Bertz CT molecular complexity index is 1290. The van der Waals surface area contributed by atoms with Gasteiger partial charge < -0.3 is 4.74 Å². The number of morpholine rings is 1. The van der Waals surface area contributed by atoms with Gasteiger partial charge in [0.05, 0.1) is 17.9 Å². The molecule has 5 nitrogen and oxygen atoms in total. The van der Waals surface area contributed by atoms with Crippen LogP contribution in [-0.2, 0) is 4.74 Å². The summed E-state index contributed by atoms with van der Waals surface area (Å²) in [6, 6.07) is 15.5. The van der Waals surface area contributed by atoms with E-state index in [2.05, 4.69) is 9.88 Å². The number of hydrogen-bond acceptors (Lipinski definition) is 5. The predicted octanol–water partition coefficient (Wildman–Crippen LogP) is 5.13. The first-order valence-corrected chi connectivity index (χ1v) is 11.3. The molecule has 3 aromatic carbocycles. The van der Waals surface area contributed by atoms with Gasteiger partial charge >= 0.3 is 0 Å². The zero-order chi connectivity index (χ0) is 22.1. The van der Waals surface area contributed by atoms with E-state index >= 15 is 0 Å². The van der Waals surface area contributed by atoms with Gasteiger partial charge in [-0.1, -0.05) is 41.7 Å². The summed E-state index contributed by atoms with van der Waals surface area (Å²) in [6.07, 6.45) is 0. The Morgan fingerprint density at radius 3 is 2.61 bits per heavy atom. The number of rotatable bonds is 5. The number of nitrogens with zero attached hydrogens (tertiary/aromatic N) is 3. The van der Waals surface area contributed by atoms with Crippen LogP contribution in [-0.4, -0.2) is 55.2 Å². The number of thiazole rings is 1. The van der Waals surface area contributed by atoms with E-state index in [1.807, 2.05) is 36.4 Å². The summed E-state index contributed by atoms with van der Waals surface area (Å²) < 4.78 is 33.8. The smallest absolute Gasteiger partial charge is 0.260 e. The molecule has 0 saturated carbocycles. The molecule has 1 saturated heterocycles. The lowest BCUT2D eigenvalue weighted by atomic mass is 10.1. The Morgan fingerprint density at radius 1 is 1.06 bits per heavy atom. The average Bonchev–Trinajstić information content (AvgIpc) is 3.23. The van der Waals surface area contributed by atoms with E-state index < -0.39 is 11.6 Å². The number of carbonyl (C=O) groups excluding carboxylic acids is 1. The summed E-state index contributed by atoms with van der Waals surface area (Å²) >= 11 is 1.12. The number of ether oxygens (including phenoxy) is 1. The summed E-state index contributed by atoms with van der Waals surface area (Å²) in [7, 11) is 0. The molecule has 1 aliphatic rings. The lowest BCUT2D eigenvalue weighted by Crippen LogP contribution is -2.43. The fourth-order valence-electron chi connectivity index (χ4n) is 3.89. The highest BCUT2D eigenvalue weighted by Crippen LogP contribution is 2.32. The summed E-state index contributed by atoms with van der Waals surface area (Å²) in [4.78, 5) is 21.7. The number of halogens is 3. The molecule has 33 heavy (non-hydrogen) atoms. The van der Waals surface area contributed by atoms with E-state index in [1.165, 1.54) is 6.07 Å². The average molecular weight is 490 g/mol. The quantitative estimate of drug-likeness (QED) is 0.390. The van der Waals surface area contributed by atoms with Gasteiger partial charge in [0, 0.05) is 37.8 Å². The second-order valence-electron chi connectivity index (χ2n) is 7.70. The molecule has 0 radical (unpaired) electrons. The maximum Gasteiger partial charge on any atom is 0.260 e. The zero-order valence-corrected chi connectivity index (χ0v) is 19.3. The highest BCUT2D eigenvalue weighted by Gasteiger charge is 2.24. The van der Waals surface area contributed by atoms with Crippen molar-refractivity contribution >= 4 is 55.8 Å². The molecule has 0 bridgehead atoms. The SMILES string of the molecule is Cl.O=C(c1ccc2ccccc2c1)N(CCN1CCOCC1)c1nc2c(F)cc(F)cc2s1. The second-order valence-corrected chi connectivity index (χ2v) is 8.71. The van der Waals surface area contributed by atoms with E-state index in [9.17, 15) is 13.6 Å². The molecule has 1 aromatic heterocycles. The number of amides is 1. The molecule has 4 aromatic rings. The van der Waals surface area contributed by atoms with E-state index in [-0.39, 0.29) is 23.8 Å². The minimum absolute atomic E-state index is 0. The number of benzene rings is 3. The first-order valence-electron chi connectivity index (χ1n) is 10.4. The largest absolute Gasteiger partial charge is 0.379 e. The lowest BCUT2D eigenvalue weighted by molar-refractivity contribution is 0.0391. The van der Waals surface area contributed by atoms with E-state index in [0.29, 0.717) is 41.7 Å². The van der Waals surface area contributed by atoms with Crippen LogP contribution in [0, 0.1) is 11.6 Å². The first kappa shape index (κ1) is 23.5. The van der Waals surface area contributed by atoms with Crippen molar-refractivity contribution < 1.29 is 18.3 Å². The third-order valence-electron chi connectivity index (χ3n) is 5.62. The summed E-state index contributed by atoms with van der Waals surface area (Å²) in [5, 5.41) is 2.36. The molecule has 9 heteroatoms. The van der Waals surface area contributed by atoms with Gasteiger partial charge in [0.25, 0.3) is 5.91 Å². The lowest BCUT2D eigenvalue weighted by Gasteiger charge is -2.29. The van der Waals surface area contributed by atoms with Crippen molar-refractivity contribution in [1.29, 1.82) is 0 Å². The first-order chi connectivity index (χ1) is 15.6. The highest BCUT2D eigenvalue weighted by atomic mass is 35.5. The number of fused-ring (bicyclic) bond motifs is 2. The molecule has 0 spiro atoms. The minimum Gasteiger partial charge on any atom is -0.379 e. The van der Waals surface area contributed by atoms with Crippen LogP contribution >= 0.6 is 23.7 Å². The molecular formula is C24H22ClF2N3O2S. The fraction of sp³-hybridized carbons (Fsp3) is 0.250. The summed E-state index contributed by atoms with van der Waals surface area (Å²) in [5.41, 5.74) is 0.602. The Hall–Kier alpha value is -2.65. The number of hydrogen-bond donors (Lipinski definition) is 0. The topological polar surface area (TPSA) is 45.7 Å². The van der Waals surface area contributed by atoms with Crippen LogP contribution in [0.4, 0.5) is 13.9 Å². The van der Waals surface area contributed by atoms with Crippen molar-refractivity contribution in [3.8, 4) is 0 Å². The van der Waals surface area contributed by atoms with Crippen LogP contribution in [0.25, 0.3) is 21.0 Å². The molecule has 172 valence electrons. The second kappa shape index (κ2) is 10.1. The maximum atomic E-state index is 14.3. The van der Waals surface area contributed by atoms with Crippen molar-refractivity contribution in [3.63, 3.8) is 0 Å². The Kier molecular flexibility index (Phi) is 7.19. The molecule has 1 fully saturated rings. The van der Waals surface area contributed by atoms with Crippen molar-refractivity contribution in [2.45, 2.75) is 0 Å². The molecule has 0 unspecified atom stereocenters. The van der Waals surface area contributed by atoms with E-state index in [1.54, 1.807) is 11.0 Å². The predicted molar refractivity (Wildman–Crippen MR) is 130 cm³/mol. The van der Waals surface area contributed by atoms with Crippen LogP contribution in [0.2, 0.25) is 0 Å². The zero-order valence-electron chi connectivity index (χ0n) is 17.7. The number of anilines is 1. The molecule has 0 N–H and O–H groups in total. The Labute approximate surface area is 200 Å². The minimum atomic E-state index is -0.728. The standard InChI is InChI=1S/C24H21F2N3O2S.ClH/c25-19-14-20(26)22-21(15-19)32-24(27-22)29(8-7-28-9-11-31-12-10-28)23(30)18-6-5-16-3-1-2-4-17(16)13-18;/h1-6,13-15H,7-12H2;1H. The summed E-state index contributed by atoms with van der Waals surface area (Å²) in [6.45, 7) is 3.91. The Morgan fingerprint density at radius 2 is 1.82 bits per heavy atom. The van der Waals surface area contributed by atoms with Gasteiger partial charge in [0.1, 0.15) is 11.3 Å². The molecular weight excluding hydrogens is 468 g/mol. The van der Waals surface area contributed by atoms with Crippen LogP contribution in [0.1, 0.15) is 10.4 Å². The van der Waals surface area contributed by atoms with Gasteiger partial charge in [-0.3, -0.25) is 14.6 Å². The van der Waals surface area contributed by atoms with Crippen LogP contribution in [0.5, 0.6) is 0 Å². The molecule has 0 atom stereocenters.